The van der Waals surface area contributed by atoms with Crippen LogP contribution in [0.5, 0.6) is 0 Å². The molecule has 0 amide bonds. The number of nitrogens with zero attached hydrogens (tertiary/aromatic N) is 1. The van der Waals surface area contributed by atoms with Gasteiger partial charge in [-0.05, 0) is 30.5 Å². The summed E-state index contributed by atoms with van der Waals surface area (Å²) in [5.41, 5.74) is 0.173. The van der Waals surface area contributed by atoms with E-state index in [1.807, 2.05) is 0 Å². The summed E-state index contributed by atoms with van der Waals surface area (Å²) in [7, 11) is 1.13. The van der Waals surface area contributed by atoms with Crippen molar-refractivity contribution in [2.75, 3.05) is 13.7 Å². The zero-order valence-electron chi connectivity index (χ0n) is 11.4. The van der Waals surface area contributed by atoms with Crippen molar-refractivity contribution in [3.8, 4) is 0 Å². The standard InChI is InChI=1S/C14H15F4NO2/c1-21-13(20)11-5-2-9(6-12(11)15)7-19(10-3-4-10)8-14(16,17)18/h2,5-6,10H,3-4,7-8H2,1H3. The highest BCUT2D eigenvalue weighted by atomic mass is 19.4. The second-order valence-corrected chi connectivity index (χ2v) is 5.06. The van der Waals surface area contributed by atoms with E-state index in [-0.39, 0.29) is 18.2 Å². The molecule has 0 heterocycles. The fourth-order valence-corrected chi connectivity index (χ4v) is 2.15. The van der Waals surface area contributed by atoms with Gasteiger partial charge in [0.25, 0.3) is 0 Å². The molecule has 0 N–H and O–H groups in total. The Morgan fingerprint density at radius 3 is 2.52 bits per heavy atom. The number of benzene rings is 1. The van der Waals surface area contributed by atoms with Crippen molar-refractivity contribution in [1.29, 1.82) is 0 Å². The fraction of sp³-hybridized carbons (Fsp3) is 0.500. The van der Waals surface area contributed by atoms with Crippen LogP contribution in [0.2, 0.25) is 0 Å². The molecule has 1 aromatic carbocycles. The number of halogens is 4. The summed E-state index contributed by atoms with van der Waals surface area (Å²) in [6, 6.07) is 3.66. The minimum Gasteiger partial charge on any atom is -0.465 e. The largest absolute Gasteiger partial charge is 0.465 e. The van der Waals surface area contributed by atoms with Gasteiger partial charge in [0.15, 0.2) is 0 Å². The van der Waals surface area contributed by atoms with Crippen LogP contribution in [-0.4, -0.2) is 36.7 Å². The maximum atomic E-state index is 13.8. The fourth-order valence-electron chi connectivity index (χ4n) is 2.15. The van der Waals surface area contributed by atoms with E-state index in [4.69, 9.17) is 0 Å². The number of alkyl halides is 3. The third kappa shape index (κ3) is 4.42. The Morgan fingerprint density at radius 1 is 1.38 bits per heavy atom. The molecule has 1 aliphatic carbocycles. The first-order valence-electron chi connectivity index (χ1n) is 6.47. The molecule has 0 atom stereocenters. The van der Waals surface area contributed by atoms with Crippen molar-refractivity contribution < 1.29 is 27.1 Å². The van der Waals surface area contributed by atoms with E-state index in [0.29, 0.717) is 5.56 Å². The van der Waals surface area contributed by atoms with E-state index in [0.717, 1.165) is 26.0 Å². The second-order valence-electron chi connectivity index (χ2n) is 5.06. The van der Waals surface area contributed by atoms with Crippen LogP contribution in [0.15, 0.2) is 18.2 Å². The van der Waals surface area contributed by atoms with Crippen LogP contribution in [0.25, 0.3) is 0 Å². The molecule has 1 aliphatic rings. The lowest BCUT2D eigenvalue weighted by molar-refractivity contribution is -0.148. The lowest BCUT2D eigenvalue weighted by atomic mass is 10.1. The van der Waals surface area contributed by atoms with E-state index in [9.17, 15) is 22.4 Å². The molecule has 21 heavy (non-hydrogen) atoms. The summed E-state index contributed by atoms with van der Waals surface area (Å²) in [4.78, 5) is 12.5. The number of hydrogen-bond donors (Lipinski definition) is 0. The van der Waals surface area contributed by atoms with Gasteiger partial charge in [-0.1, -0.05) is 6.07 Å². The van der Waals surface area contributed by atoms with Gasteiger partial charge < -0.3 is 4.74 Å². The molecule has 0 spiro atoms. The summed E-state index contributed by atoms with van der Waals surface area (Å²) in [5.74, 6) is -1.60. The Hall–Kier alpha value is -1.63. The number of esters is 1. The molecule has 0 bridgehead atoms. The molecule has 0 radical (unpaired) electrons. The van der Waals surface area contributed by atoms with Crippen LogP contribution in [0.4, 0.5) is 17.6 Å². The molecular weight excluding hydrogens is 290 g/mol. The summed E-state index contributed by atoms with van der Waals surface area (Å²) >= 11 is 0. The van der Waals surface area contributed by atoms with Gasteiger partial charge in [0.1, 0.15) is 5.82 Å². The molecule has 1 aromatic rings. The molecule has 0 saturated heterocycles. The molecule has 0 unspecified atom stereocenters. The minimum atomic E-state index is -4.28. The highest BCUT2D eigenvalue weighted by Crippen LogP contribution is 2.31. The number of rotatable bonds is 5. The van der Waals surface area contributed by atoms with E-state index < -0.39 is 24.5 Å². The molecule has 0 aromatic heterocycles. The van der Waals surface area contributed by atoms with Gasteiger partial charge in [-0.25, -0.2) is 9.18 Å². The average molecular weight is 305 g/mol. The Balaban J connectivity index is 2.10. The van der Waals surface area contributed by atoms with Crippen LogP contribution < -0.4 is 0 Å². The zero-order valence-corrected chi connectivity index (χ0v) is 11.4. The Kier molecular flexibility index (Phi) is 4.51. The van der Waals surface area contributed by atoms with E-state index in [2.05, 4.69) is 4.74 Å². The smallest absolute Gasteiger partial charge is 0.401 e. The highest BCUT2D eigenvalue weighted by Gasteiger charge is 2.37. The third-order valence-electron chi connectivity index (χ3n) is 3.27. The van der Waals surface area contributed by atoms with Gasteiger partial charge >= 0.3 is 12.1 Å². The number of methoxy groups -OCH3 is 1. The summed E-state index contributed by atoms with van der Waals surface area (Å²) in [5, 5.41) is 0. The molecule has 0 aliphatic heterocycles. The second kappa shape index (κ2) is 6.01. The first-order valence-corrected chi connectivity index (χ1v) is 6.47. The van der Waals surface area contributed by atoms with E-state index >= 15 is 0 Å². The SMILES string of the molecule is COC(=O)c1ccc(CN(CC(F)(F)F)C2CC2)cc1F. The van der Waals surface area contributed by atoms with Crippen molar-refractivity contribution >= 4 is 5.97 Å². The predicted molar refractivity (Wildman–Crippen MR) is 67.2 cm³/mol. The van der Waals surface area contributed by atoms with Crippen molar-refractivity contribution in [3.63, 3.8) is 0 Å². The van der Waals surface area contributed by atoms with Crippen molar-refractivity contribution in [1.82, 2.24) is 4.90 Å². The third-order valence-corrected chi connectivity index (χ3v) is 3.27. The highest BCUT2D eigenvalue weighted by molar-refractivity contribution is 5.89. The zero-order chi connectivity index (χ0) is 15.6. The minimum absolute atomic E-state index is 0.00253. The van der Waals surface area contributed by atoms with Crippen LogP contribution in [0.3, 0.4) is 0 Å². The van der Waals surface area contributed by atoms with Crippen LogP contribution in [0.1, 0.15) is 28.8 Å². The van der Waals surface area contributed by atoms with Crippen molar-refractivity contribution in [2.45, 2.75) is 31.6 Å². The normalized spacial score (nSPS) is 15.3. The van der Waals surface area contributed by atoms with Crippen LogP contribution in [-0.2, 0) is 11.3 Å². The van der Waals surface area contributed by atoms with Gasteiger partial charge in [0.05, 0.1) is 19.2 Å². The first kappa shape index (κ1) is 15.8. The van der Waals surface area contributed by atoms with E-state index in [1.165, 1.54) is 17.0 Å². The van der Waals surface area contributed by atoms with Gasteiger partial charge in [0.2, 0.25) is 0 Å². The van der Waals surface area contributed by atoms with Gasteiger partial charge in [-0.2, -0.15) is 13.2 Å². The Labute approximate surface area is 119 Å². The molecule has 2 rings (SSSR count). The number of carbonyl (C=O) groups is 1. The van der Waals surface area contributed by atoms with Gasteiger partial charge in [-0.15, -0.1) is 0 Å². The van der Waals surface area contributed by atoms with Gasteiger partial charge in [-0.3, -0.25) is 4.90 Å². The summed E-state index contributed by atoms with van der Waals surface area (Å²) in [6.07, 6.45) is -2.84. The monoisotopic (exact) mass is 305 g/mol. The lowest BCUT2D eigenvalue weighted by Crippen LogP contribution is -2.35. The number of ether oxygens (including phenoxy) is 1. The van der Waals surface area contributed by atoms with Crippen molar-refractivity contribution in [2.24, 2.45) is 0 Å². The van der Waals surface area contributed by atoms with Crippen LogP contribution in [0, 0.1) is 5.82 Å². The summed E-state index contributed by atoms with van der Waals surface area (Å²) < 4.78 is 55.7. The topological polar surface area (TPSA) is 29.5 Å². The van der Waals surface area contributed by atoms with Crippen LogP contribution >= 0.6 is 0 Å². The predicted octanol–water partition coefficient (Wildman–Crippen LogP) is 3.14. The van der Waals surface area contributed by atoms with E-state index in [1.54, 1.807) is 0 Å². The lowest BCUT2D eigenvalue weighted by Gasteiger charge is -2.23. The first-order chi connectivity index (χ1) is 9.80. The quantitative estimate of drug-likeness (QED) is 0.618. The molecular formula is C14H15F4NO2. The molecule has 1 saturated carbocycles. The average Bonchev–Trinajstić information content (AvgIpc) is 3.20. The maximum absolute atomic E-state index is 13.8. The molecule has 1 fully saturated rings. The Bertz CT molecular complexity index is 526. The molecule has 7 heteroatoms. The van der Waals surface area contributed by atoms with Crippen molar-refractivity contribution in [3.05, 3.63) is 35.1 Å². The Morgan fingerprint density at radius 2 is 2.05 bits per heavy atom. The molecule has 116 valence electrons. The van der Waals surface area contributed by atoms with Gasteiger partial charge in [0, 0.05) is 12.6 Å². The number of carbonyl (C=O) groups excluding carboxylic acids is 1. The maximum Gasteiger partial charge on any atom is 0.401 e. The summed E-state index contributed by atoms with van der Waals surface area (Å²) in [6.45, 7) is -1.01. The molecule has 3 nitrogen and oxygen atoms in total. The number of hydrogen-bond acceptors (Lipinski definition) is 3.